The molecule has 0 amide bonds. The number of nitro groups is 2. The number of carbonyl (C=O) groups excluding carboxylic acids is 1. The molecule has 0 radical (unpaired) electrons. The Morgan fingerprint density at radius 2 is 1.56 bits per heavy atom. The predicted molar refractivity (Wildman–Crippen MR) is 90.8 cm³/mol. The molecule has 2 N–H and O–H groups in total. The monoisotopic (exact) mass is 367 g/mol. The topological polar surface area (TPSA) is 139 Å². The van der Waals surface area contributed by atoms with Gasteiger partial charge >= 0.3 is 5.97 Å². The number of nitrogens with zero attached hydrogens (tertiary/aromatic N) is 2. The van der Waals surface area contributed by atoms with E-state index < -0.39 is 33.2 Å². The van der Waals surface area contributed by atoms with E-state index in [-0.39, 0.29) is 24.6 Å². The Balaban J connectivity index is 0.00000312. The van der Waals surface area contributed by atoms with Gasteiger partial charge in [-0.15, -0.1) is 12.4 Å². The van der Waals surface area contributed by atoms with Crippen molar-refractivity contribution in [3.63, 3.8) is 0 Å². The van der Waals surface area contributed by atoms with Crippen LogP contribution in [0.5, 0.6) is 5.75 Å². The van der Waals surface area contributed by atoms with Gasteiger partial charge in [-0.25, -0.2) is 4.79 Å². The number of hydrogen-bond donors (Lipinski definition) is 1. The molecule has 2 aromatic carbocycles. The van der Waals surface area contributed by atoms with Gasteiger partial charge in [-0.05, 0) is 12.0 Å². The lowest BCUT2D eigenvalue weighted by Gasteiger charge is -2.11. The minimum absolute atomic E-state index is 0. The zero-order valence-corrected chi connectivity index (χ0v) is 13.5. The molecule has 0 saturated heterocycles. The molecule has 0 saturated carbocycles. The van der Waals surface area contributed by atoms with Crippen LogP contribution in [0.2, 0.25) is 0 Å². The Labute approximate surface area is 148 Å². The lowest BCUT2D eigenvalue weighted by molar-refractivity contribution is -0.394. The van der Waals surface area contributed by atoms with Crippen molar-refractivity contribution in [2.24, 2.45) is 5.73 Å². The number of rotatable bonds is 6. The van der Waals surface area contributed by atoms with Crippen molar-refractivity contribution in [3.8, 4) is 5.75 Å². The Morgan fingerprint density at radius 3 is 2.04 bits per heavy atom. The van der Waals surface area contributed by atoms with Gasteiger partial charge in [-0.3, -0.25) is 20.2 Å². The second-order valence-electron chi connectivity index (χ2n) is 4.92. The maximum absolute atomic E-state index is 12.0. The fourth-order valence-electron chi connectivity index (χ4n) is 1.98. The van der Waals surface area contributed by atoms with Gasteiger partial charge in [0.05, 0.1) is 28.0 Å². The summed E-state index contributed by atoms with van der Waals surface area (Å²) in [5.41, 5.74) is 5.46. The van der Waals surface area contributed by atoms with Crippen LogP contribution in [0.4, 0.5) is 11.4 Å². The number of ether oxygens (including phenoxy) is 1. The van der Waals surface area contributed by atoms with Gasteiger partial charge < -0.3 is 10.5 Å². The van der Waals surface area contributed by atoms with Gasteiger partial charge in [0.2, 0.25) is 0 Å². The number of hydrogen-bond acceptors (Lipinski definition) is 7. The van der Waals surface area contributed by atoms with Crippen molar-refractivity contribution in [1.29, 1.82) is 0 Å². The van der Waals surface area contributed by atoms with Crippen molar-refractivity contribution < 1.29 is 19.4 Å². The van der Waals surface area contributed by atoms with E-state index in [1.807, 2.05) is 6.07 Å². The number of esters is 1. The van der Waals surface area contributed by atoms with E-state index in [4.69, 9.17) is 10.5 Å². The van der Waals surface area contributed by atoms with Gasteiger partial charge in [0.15, 0.2) is 0 Å². The maximum atomic E-state index is 12.0. The molecule has 132 valence electrons. The Hall–Kier alpha value is -3.04. The van der Waals surface area contributed by atoms with Crippen LogP contribution < -0.4 is 10.5 Å². The summed E-state index contributed by atoms with van der Waals surface area (Å²) in [6.45, 7) is 0. The van der Waals surface area contributed by atoms with Crippen LogP contribution >= 0.6 is 12.4 Å². The van der Waals surface area contributed by atoms with Crippen LogP contribution in [0, 0.1) is 20.2 Å². The number of non-ortho nitro benzene ring substituents is 2. The molecule has 0 aliphatic carbocycles. The fraction of sp³-hybridized carbons (Fsp3) is 0.133. The standard InChI is InChI=1S/C15H13N3O6.ClH/c16-14(6-10-4-2-1-3-5-10)15(19)24-13-8-11(17(20)21)7-12(9-13)18(22)23;/h1-5,7-9,14H,6,16H2;1H/t14-;/m0./s1. The first-order valence-corrected chi connectivity index (χ1v) is 6.82. The molecule has 25 heavy (non-hydrogen) atoms. The quantitative estimate of drug-likeness (QED) is 0.358. The molecule has 0 aromatic heterocycles. The van der Waals surface area contributed by atoms with Gasteiger partial charge in [0.25, 0.3) is 11.4 Å². The number of halogens is 1. The highest BCUT2D eigenvalue weighted by atomic mass is 35.5. The Morgan fingerprint density at radius 1 is 1.04 bits per heavy atom. The molecule has 10 heteroatoms. The average Bonchev–Trinajstić information content (AvgIpc) is 2.55. The van der Waals surface area contributed by atoms with E-state index in [2.05, 4.69) is 0 Å². The van der Waals surface area contributed by atoms with E-state index >= 15 is 0 Å². The van der Waals surface area contributed by atoms with Gasteiger partial charge in [0, 0.05) is 0 Å². The highest BCUT2D eigenvalue weighted by Gasteiger charge is 2.21. The van der Waals surface area contributed by atoms with Crippen molar-refractivity contribution in [2.45, 2.75) is 12.5 Å². The molecule has 0 aliphatic heterocycles. The molecule has 0 heterocycles. The summed E-state index contributed by atoms with van der Waals surface area (Å²) in [6, 6.07) is 10.6. The molecule has 9 nitrogen and oxygen atoms in total. The molecule has 0 bridgehead atoms. The summed E-state index contributed by atoms with van der Waals surface area (Å²) in [7, 11) is 0. The van der Waals surface area contributed by atoms with Crippen LogP contribution in [0.15, 0.2) is 48.5 Å². The minimum Gasteiger partial charge on any atom is -0.425 e. The van der Waals surface area contributed by atoms with Crippen LogP contribution in [-0.2, 0) is 11.2 Å². The van der Waals surface area contributed by atoms with Crippen LogP contribution in [0.25, 0.3) is 0 Å². The third-order valence-corrected chi connectivity index (χ3v) is 3.12. The predicted octanol–water partition coefficient (Wildman–Crippen LogP) is 2.40. The number of carbonyl (C=O) groups is 1. The first-order valence-electron chi connectivity index (χ1n) is 6.82. The highest BCUT2D eigenvalue weighted by Crippen LogP contribution is 2.27. The molecular formula is C15H14ClN3O6. The summed E-state index contributed by atoms with van der Waals surface area (Å²) >= 11 is 0. The first kappa shape index (κ1) is 20.0. The van der Waals surface area contributed by atoms with E-state index in [1.54, 1.807) is 24.3 Å². The smallest absolute Gasteiger partial charge is 0.328 e. The first-order chi connectivity index (χ1) is 11.4. The number of nitro benzene ring substituents is 2. The van der Waals surface area contributed by atoms with E-state index in [0.717, 1.165) is 23.8 Å². The average molecular weight is 368 g/mol. The summed E-state index contributed by atoms with van der Waals surface area (Å²) in [6.07, 6.45) is 0.205. The van der Waals surface area contributed by atoms with E-state index in [1.165, 1.54) is 0 Å². The van der Waals surface area contributed by atoms with Gasteiger partial charge in [-0.2, -0.15) is 0 Å². The molecule has 0 fully saturated rings. The Kier molecular flexibility index (Phi) is 6.97. The van der Waals surface area contributed by atoms with Crippen molar-refractivity contribution in [3.05, 3.63) is 74.3 Å². The third-order valence-electron chi connectivity index (χ3n) is 3.12. The minimum atomic E-state index is -1.01. The van der Waals surface area contributed by atoms with Crippen LogP contribution in [0.3, 0.4) is 0 Å². The summed E-state index contributed by atoms with van der Waals surface area (Å²) in [5.74, 6) is -1.14. The van der Waals surface area contributed by atoms with Gasteiger partial charge in [0.1, 0.15) is 11.8 Å². The lowest BCUT2D eigenvalue weighted by Crippen LogP contribution is -2.36. The third kappa shape index (κ3) is 5.52. The second kappa shape index (κ2) is 8.71. The Bertz CT molecular complexity index is 752. The number of nitrogens with two attached hydrogens (primary N) is 1. The molecule has 2 rings (SSSR count). The zero-order chi connectivity index (χ0) is 17.7. The second-order valence-corrected chi connectivity index (χ2v) is 4.92. The molecule has 2 aromatic rings. The van der Waals surface area contributed by atoms with Crippen molar-refractivity contribution in [2.75, 3.05) is 0 Å². The molecule has 0 aliphatic rings. The van der Waals surface area contributed by atoms with Gasteiger partial charge in [-0.1, -0.05) is 30.3 Å². The molecule has 0 spiro atoms. The maximum Gasteiger partial charge on any atom is 0.328 e. The largest absolute Gasteiger partial charge is 0.425 e. The van der Waals surface area contributed by atoms with Crippen molar-refractivity contribution in [1.82, 2.24) is 0 Å². The number of benzene rings is 2. The normalized spacial score (nSPS) is 11.1. The SMILES string of the molecule is Cl.N[C@@H](Cc1ccccc1)C(=O)Oc1cc([N+](=O)[O-])cc([N+](=O)[O-])c1. The van der Waals surface area contributed by atoms with Crippen LogP contribution in [0.1, 0.15) is 5.56 Å². The van der Waals surface area contributed by atoms with E-state index in [0.29, 0.717) is 0 Å². The summed E-state index contributed by atoms with van der Waals surface area (Å²) in [4.78, 5) is 32.0. The molecule has 1 atom stereocenters. The summed E-state index contributed by atoms with van der Waals surface area (Å²) in [5, 5.41) is 21.6. The van der Waals surface area contributed by atoms with E-state index in [9.17, 15) is 25.0 Å². The zero-order valence-electron chi connectivity index (χ0n) is 12.7. The van der Waals surface area contributed by atoms with Crippen molar-refractivity contribution >= 4 is 29.8 Å². The lowest BCUT2D eigenvalue weighted by atomic mass is 10.1. The molecular weight excluding hydrogens is 354 g/mol. The highest BCUT2D eigenvalue weighted by molar-refractivity contribution is 5.85. The fourth-order valence-corrected chi connectivity index (χ4v) is 1.98. The summed E-state index contributed by atoms with van der Waals surface area (Å²) < 4.78 is 4.96. The molecule has 0 unspecified atom stereocenters. The van der Waals surface area contributed by atoms with Crippen LogP contribution in [-0.4, -0.2) is 21.9 Å².